The molecule has 0 bridgehead atoms. The normalized spacial score (nSPS) is 10.0. The summed E-state index contributed by atoms with van der Waals surface area (Å²) >= 11 is 0. The number of oxazole rings is 1. The number of anilines is 1. The third-order valence-electron chi connectivity index (χ3n) is 1.55. The van der Waals surface area contributed by atoms with Gasteiger partial charge in [0, 0.05) is 0 Å². The Morgan fingerprint density at radius 3 is 2.58 bits per heavy atom. The van der Waals surface area contributed by atoms with Crippen molar-refractivity contribution in [3.8, 4) is 11.3 Å². The lowest BCUT2D eigenvalue weighted by molar-refractivity contribution is -0.368. The summed E-state index contributed by atoms with van der Waals surface area (Å²) in [7, 11) is 0. The first-order valence-electron chi connectivity index (χ1n) is 3.61. The number of nitrogens with two attached hydrogens (primary N) is 1. The summed E-state index contributed by atoms with van der Waals surface area (Å²) in [6.45, 7) is 0. The lowest BCUT2D eigenvalue weighted by atomic mass is 10.2. The molecular formula is C9H8N2O. The number of aromatic amines is 1. The first-order chi connectivity index (χ1) is 5.86. The van der Waals surface area contributed by atoms with Gasteiger partial charge in [-0.05, 0) is 0 Å². The van der Waals surface area contributed by atoms with Crippen molar-refractivity contribution in [2.24, 2.45) is 0 Å². The molecule has 0 spiro atoms. The Bertz CT molecular complexity index is 367. The van der Waals surface area contributed by atoms with Crippen molar-refractivity contribution in [2.75, 3.05) is 5.73 Å². The van der Waals surface area contributed by atoms with Crippen LogP contribution in [0.3, 0.4) is 0 Å². The van der Waals surface area contributed by atoms with Gasteiger partial charge in [0.1, 0.15) is 0 Å². The Kier molecular flexibility index (Phi) is 1.55. The molecule has 0 aliphatic rings. The van der Waals surface area contributed by atoms with E-state index in [4.69, 9.17) is 10.2 Å². The molecule has 2 rings (SSSR count). The van der Waals surface area contributed by atoms with Gasteiger partial charge in [-0.2, -0.15) is 0 Å². The van der Waals surface area contributed by atoms with Gasteiger partial charge in [-0.15, -0.1) is 12.1 Å². The van der Waals surface area contributed by atoms with Gasteiger partial charge in [0.2, 0.25) is 0 Å². The van der Waals surface area contributed by atoms with Crippen molar-refractivity contribution in [2.45, 2.75) is 0 Å². The van der Waals surface area contributed by atoms with Crippen molar-refractivity contribution in [3.63, 3.8) is 0 Å². The minimum absolute atomic E-state index is 0.272. The van der Waals surface area contributed by atoms with Crippen molar-refractivity contribution < 1.29 is 9.40 Å². The van der Waals surface area contributed by atoms with Gasteiger partial charge < -0.3 is 15.1 Å². The quantitative estimate of drug-likeness (QED) is 0.636. The number of benzene rings is 1. The summed E-state index contributed by atoms with van der Waals surface area (Å²) in [4.78, 5) is 2.65. The number of H-pyrrole nitrogens is 1. The molecule has 0 radical (unpaired) electrons. The fraction of sp³-hybridized carbons (Fsp3) is 0. The zero-order valence-corrected chi connectivity index (χ0v) is 6.37. The van der Waals surface area contributed by atoms with Gasteiger partial charge in [-0.1, -0.05) is 23.8 Å². The summed E-state index contributed by atoms with van der Waals surface area (Å²) in [6.07, 6.45) is 2.81. The summed E-state index contributed by atoms with van der Waals surface area (Å²) in [5.41, 5.74) is 6.33. The molecular weight excluding hydrogens is 152 g/mol. The second-order valence-electron chi connectivity index (χ2n) is 2.41. The van der Waals surface area contributed by atoms with Crippen LogP contribution in [0.1, 0.15) is 0 Å². The largest absolute Gasteiger partial charge is 0.473 e. The minimum atomic E-state index is 0.272. The molecule has 60 valence electrons. The van der Waals surface area contributed by atoms with Crippen molar-refractivity contribution in [3.05, 3.63) is 36.5 Å². The van der Waals surface area contributed by atoms with Crippen LogP contribution in [0.4, 0.5) is 6.01 Å². The molecule has 1 heterocycles. The minimum Gasteiger partial charge on any atom is -0.473 e. The van der Waals surface area contributed by atoms with Crippen LogP contribution in [0.15, 0.2) is 34.7 Å². The molecule has 1 aromatic carbocycles. The van der Waals surface area contributed by atoms with Gasteiger partial charge in [0.15, 0.2) is 0 Å². The molecule has 0 aliphatic heterocycles. The Labute approximate surface area is 69.8 Å². The van der Waals surface area contributed by atoms with E-state index in [1.54, 1.807) is 0 Å². The van der Waals surface area contributed by atoms with Crippen LogP contribution in [0.5, 0.6) is 0 Å². The molecule has 0 fully saturated rings. The van der Waals surface area contributed by atoms with Gasteiger partial charge in [-0.3, -0.25) is 0 Å². The molecule has 3 N–H and O–H groups in total. The highest BCUT2D eigenvalue weighted by Gasteiger charge is 1.95. The average molecular weight is 160 g/mol. The van der Waals surface area contributed by atoms with E-state index < -0.39 is 0 Å². The zero-order chi connectivity index (χ0) is 8.39. The van der Waals surface area contributed by atoms with Crippen LogP contribution in [-0.4, -0.2) is 0 Å². The zero-order valence-electron chi connectivity index (χ0n) is 6.37. The number of aromatic nitrogens is 1. The van der Waals surface area contributed by atoms with E-state index in [0.29, 0.717) is 5.76 Å². The predicted molar refractivity (Wildman–Crippen MR) is 43.9 cm³/mol. The van der Waals surface area contributed by atoms with E-state index in [2.05, 4.69) is 11.2 Å². The molecule has 12 heavy (non-hydrogen) atoms. The van der Waals surface area contributed by atoms with Crippen molar-refractivity contribution in [1.29, 1.82) is 0 Å². The van der Waals surface area contributed by atoms with Crippen LogP contribution >= 0.6 is 0 Å². The summed E-state index contributed by atoms with van der Waals surface area (Å²) < 4.78 is 5.14. The fourth-order valence-corrected chi connectivity index (χ4v) is 1.000. The Hall–Kier alpha value is -1.77. The molecule has 3 nitrogen and oxygen atoms in total. The van der Waals surface area contributed by atoms with Crippen LogP contribution < -0.4 is 10.7 Å². The van der Waals surface area contributed by atoms with Crippen molar-refractivity contribution >= 4 is 6.01 Å². The smallest absolute Gasteiger partial charge is 0.347 e. The first-order valence-corrected chi connectivity index (χ1v) is 3.61. The van der Waals surface area contributed by atoms with Crippen LogP contribution in [0.2, 0.25) is 0 Å². The highest BCUT2D eigenvalue weighted by Crippen LogP contribution is 2.17. The standard InChI is InChI=1S/C9H8N2O/c10-9-11-6-8(12-9)7-4-2-1-3-5-7/h1-5,11H,10H2. The van der Waals surface area contributed by atoms with Gasteiger partial charge >= 0.3 is 6.01 Å². The van der Waals surface area contributed by atoms with E-state index in [0.717, 1.165) is 5.56 Å². The fourth-order valence-electron chi connectivity index (χ4n) is 1.000. The third kappa shape index (κ3) is 1.16. The number of nitrogen functional groups attached to an aromatic ring is 1. The summed E-state index contributed by atoms with van der Waals surface area (Å²) in [5.74, 6) is 0.633. The number of rotatable bonds is 1. The molecule has 0 saturated heterocycles. The Balaban J connectivity index is 2.45. The maximum atomic E-state index is 5.36. The molecule has 0 unspecified atom stereocenters. The maximum absolute atomic E-state index is 5.36. The molecule has 0 atom stereocenters. The monoisotopic (exact) mass is 160 g/mol. The highest BCUT2D eigenvalue weighted by atomic mass is 16.4. The molecule has 1 aromatic heterocycles. The van der Waals surface area contributed by atoms with Crippen LogP contribution in [0, 0.1) is 6.20 Å². The molecule has 0 aliphatic carbocycles. The molecule has 0 saturated carbocycles. The van der Waals surface area contributed by atoms with E-state index in [-0.39, 0.29) is 6.01 Å². The van der Waals surface area contributed by atoms with E-state index in [1.807, 2.05) is 30.3 Å². The number of hydrogen-bond donors (Lipinski definition) is 1. The maximum Gasteiger partial charge on any atom is 0.347 e. The number of nitrogens with one attached hydrogen (secondary N) is 1. The Morgan fingerprint density at radius 2 is 2.00 bits per heavy atom. The van der Waals surface area contributed by atoms with Crippen molar-refractivity contribution in [1.82, 2.24) is 0 Å². The van der Waals surface area contributed by atoms with Gasteiger partial charge in [0.05, 0.1) is 12.0 Å². The second-order valence-corrected chi connectivity index (χ2v) is 2.41. The average Bonchev–Trinajstić information content (AvgIpc) is 2.54. The lowest BCUT2D eigenvalue weighted by Crippen LogP contribution is -2.02. The van der Waals surface area contributed by atoms with Crippen LogP contribution in [0.25, 0.3) is 11.3 Å². The topological polar surface area (TPSA) is 53.3 Å². The van der Waals surface area contributed by atoms with Gasteiger partial charge in [-0.25, -0.2) is 0 Å². The van der Waals surface area contributed by atoms with E-state index in [1.165, 1.54) is 0 Å². The summed E-state index contributed by atoms with van der Waals surface area (Å²) in [6, 6.07) is 9.95. The number of hydrogen-bond acceptors (Lipinski definition) is 2. The van der Waals surface area contributed by atoms with Gasteiger partial charge in [0.25, 0.3) is 0 Å². The Morgan fingerprint density at radius 1 is 1.25 bits per heavy atom. The molecule has 0 amide bonds. The highest BCUT2D eigenvalue weighted by molar-refractivity contribution is 5.54. The molecule has 2 aromatic rings. The SMILES string of the molecule is Nc1[nH+][c-]c(-c2ccccc2)o1. The second kappa shape index (κ2) is 2.70. The van der Waals surface area contributed by atoms with E-state index in [9.17, 15) is 0 Å². The third-order valence-corrected chi connectivity index (χ3v) is 1.55. The lowest BCUT2D eigenvalue weighted by Gasteiger charge is -1.98. The van der Waals surface area contributed by atoms with Crippen LogP contribution in [-0.2, 0) is 0 Å². The molecule has 3 heteroatoms. The summed E-state index contributed by atoms with van der Waals surface area (Å²) in [5, 5.41) is 0. The first kappa shape index (κ1) is 6.91. The predicted octanol–water partition coefficient (Wildman–Crippen LogP) is 1.14. The van der Waals surface area contributed by atoms with E-state index >= 15 is 0 Å².